The van der Waals surface area contributed by atoms with Crippen molar-refractivity contribution in [2.45, 2.75) is 57.5 Å². The summed E-state index contributed by atoms with van der Waals surface area (Å²) in [5.41, 5.74) is 7.79. The van der Waals surface area contributed by atoms with Gasteiger partial charge in [0.05, 0.1) is 5.69 Å². The Labute approximate surface area is 121 Å². The van der Waals surface area contributed by atoms with Crippen LogP contribution in [0.25, 0.3) is 0 Å². The van der Waals surface area contributed by atoms with Crippen LogP contribution in [0.2, 0.25) is 0 Å². The molecule has 2 aliphatic rings. The first-order valence-corrected chi connectivity index (χ1v) is 7.99. The summed E-state index contributed by atoms with van der Waals surface area (Å²) in [7, 11) is 0. The average Bonchev–Trinajstić information content (AvgIpc) is 3.08. The van der Waals surface area contributed by atoms with Crippen LogP contribution in [-0.4, -0.2) is 12.6 Å². The molecule has 0 radical (unpaired) electrons. The van der Waals surface area contributed by atoms with Crippen LogP contribution in [-0.2, 0) is 0 Å². The summed E-state index contributed by atoms with van der Waals surface area (Å²) < 4.78 is 14.4. The largest absolute Gasteiger partial charge is 0.366 e. The second-order valence-electron chi connectivity index (χ2n) is 6.41. The van der Waals surface area contributed by atoms with Crippen LogP contribution in [0.15, 0.2) is 18.2 Å². The van der Waals surface area contributed by atoms with E-state index in [4.69, 9.17) is 5.73 Å². The fourth-order valence-corrected chi connectivity index (χ4v) is 4.10. The Morgan fingerprint density at radius 2 is 1.95 bits per heavy atom. The number of hydrogen-bond donors (Lipinski definition) is 1. The SMILES string of the molecule is C[C@H](N)c1cccc(F)c1N1CCCC1C1CCCC1. The van der Waals surface area contributed by atoms with Gasteiger partial charge in [-0.1, -0.05) is 25.0 Å². The third kappa shape index (κ3) is 2.44. The van der Waals surface area contributed by atoms with Crippen molar-refractivity contribution in [1.82, 2.24) is 0 Å². The maximum atomic E-state index is 14.4. The number of anilines is 1. The highest BCUT2D eigenvalue weighted by molar-refractivity contribution is 5.57. The zero-order valence-corrected chi connectivity index (χ0v) is 12.3. The lowest BCUT2D eigenvalue weighted by Crippen LogP contribution is -2.36. The first-order valence-electron chi connectivity index (χ1n) is 7.99. The number of nitrogens with zero attached hydrogens (tertiary/aromatic N) is 1. The lowest BCUT2D eigenvalue weighted by atomic mass is 9.94. The minimum Gasteiger partial charge on any atom is -0.366 e. The third-order valence-corrected chi connectivity index (χ3v) is 5.04. The highest BCUT2D eigenvalue weighted by Gasteiger charge is 2.35. The lowest BCUT2D eigenvalue weighted by Gasteiger charge is -2.33. The molecule has 1 aliphatic heterocycles. The van der Waals surface area contributed by atoms with Crippen LogP contribution in [0, 0.1) is 11.7 Å². The number of rotatable bonds is 3. The van der Waals surface area contributed by atoms with Crippen molar-refractivity contribution >= 4 is 5.69 Å². The molecule has 0 spiro atoms. The van der Waals surface area contributed by atoms with E-state index < -0.39 is 0 Å². The molecule has 1 heterocycles. The molecule has 0 bridgehead atoms. The minimum atomic E-state index is -0.120. The molecule has 3 heteroatoms. The Hall–Kier alpha value is -1.09. The van der Waals surface area contributed by atoms with Gasteiger partial charge in [0.2, 0.25) is 0 Å². The Bertz CT molecular complexity index is 466. The number of para-hydroxylation sites is 1. The van der Waals surface area contributed by atoms with E-state index in [9.17, 15) is 4.39 Å². The molecule has 0 amide bonds. The number of benzene rings is 1. The van der Waals surface area contributed by atoms with E-state index in [1.165, 1.54) is 38.5 Å². The zero-order valence-electron chi connectivity index (χ0n) is 12.3. The molecule has 1 aromatic carbocycles. The first-order chi connectivity index (χ1) is 9.68. The molecule has 1 aromatic rings. The van der Waals surface area contributed by atoms with Crippen molar-refractivity contribution in [1.29, 1.82) is 0 Å². The Morgan fingerprint density at radius 1 is 1.20 bits per heavy atom. The van der Waals surface area contributed by atoms with Crippen LogP contribution in [0.5, 0.6) is 0 Å². The Balaban J connectivity index is 1.94. The first kappa shape index (κ1) is 13.9. The van der Waals surface area contributed by atoms with E-state index in [-0.39, 0.29) is 11.9 Å². The van der Waals surface area contributed by atoms with E-state index in [1.54, 1.807) is 12.1 Å². The second-order valence-corrected chi connectivity index (χ2v) is 6.41. The third-order valence-electron chi connectivity index (χ3n) is 5.04. The lowest BCUT2D eigenvalue weighted by molar-refractivity contribution is 0.426. The maximum absolute atomic E-state index is 14.4. The van der Waals surface area contributed by atoms with Crippen molar-refractivity contribution < 1.29 is 4.39 Å². The van der Waals surface area contributed by atoms with Crippen LogP contribution < -0.4 is 10.6 Å². The molecule has 2 nitrogen and oxygen atoms in total. The molecule has 20 heavy (non-hydrogen) atoms. The zero-order chi connectivity index (χ0) is 14.1. The van der Waals surface area contributed by atoms with Gasteiger partial charge >= 0.3 is 0 Å². The van der Waals surface area contributed by atoms with E-state index in [0.717, 1.165) is 23.7 Å². The number of halogens is 1. The standard InChI is InChI=1S/C17H25FN2/c1-12(19)14-8-4-9-15(18)17(14)20-11-5-10-16(20)13-6-2-3-7-13/h4,8-9,12-13,16H,2-3,5-7,10-11,19H2,1H3/t12-,16?/m0/s1. The van der Waals surface area contributed by atoms with Gasteiger partial charge in [-0.2, -0.15) is 0 Å². The molecule has 1 saturated carbocycles. The number of hydrogen-bond acceptors (Lipinski definition) is 2. The molecule has 2 atom stereocenters. The summed E-state index contributed by atoms with van der Waals surface area (Å²) in [5.74, 6) is 0.641. The number of nitrogens with two attached hydrogens (primary N) is 1. The summed E-state index contributed by atoms with van der Waals surface area (Å²) in [6.45, 7) is 2.92. The summed E-state index contributed by atoms with van der Waals surface area (Å²) in [6, 6.07) is 5.73. The van der Waals surface area contributed by atoms with E-state index in [1.807, 2.05) is 13.0 Å². The fraction of sp³-hybridized carbons (Fsp3) is 0.647. The van der Waals surface area contributed by atoms with Crippen molar-refractivity contribution in [3.05, 3.63) is 29.6 Å². The monoisotopic (exact) mass is 276 g/mol. The maximum Gasteiger partial charge on any atom is 0.146 e. The van der Waals surface area contributed by atoms with Crippen LogP contribution in [0.4, 0.5) is 10.1 Å². The van der Waals surface area contributed by atoms with Gasteiger partial charge in [0.1, 0.15) is 5.82 Å². The van der Waals surface area contributed by atoms with E-state index >= 15 is 0 Å². The summed E-state index contributed by atoms with van der Waals surface area (Å²) >= 11 is 0. The molecular weight excluding hydrogens is 251 g/mol. The smallest absolute Gasteiger partial charge is 0.146 e. The molecule has 2 N–H and O–H groups in total. The average molecular weight is 276 g/mol. The highest BCUT2D eigenvalue weighted by Crippen LogP contribution is 2.40. The predicted molar refractivity (Wildman–Crippen MR) is 81.3 cm³/mol. The molecule has 2 fully saturated rings. The molecule has 1 aliphatic carbocycles. The summed E-state index contributed by atoms with van der Waals surface area (Å²) in [5, 5.41) is 0. The van der Waals surface area contributed by atoms with Gasteiger partial charge in [-0.15, -0.1) is 0 Å². The predicted octanol–water partition coefficient (Wildman–Crippen LogP) is 4.00. The summed E-state index contributed by atoms with van der Waals surface area (Å²) in [6.07, 6.45) is 7.68. The van der Waals surface area contributed by atoms with Gasteiger partial charge in [0, 0.05) is 18.6 Å². The second kappa shape index (κ2) is 5.72. The van der Waals surface area contributed by atoms with E-state index in [2.05, 4.69) is 4.90 Å². The van der Waals surface area contributed by atoms with Gasteiger partial charge in [0.15, 0.2) is 0 Å². The van der Waals surface area contributed by atoms with Crippen LogP contribution in [0.1, 0.15) is 57.1 Å². The van der Waals surface area contributed by atoms with Gasteiger partial charge in [-0.25, -0.2) is 4.39 Å². The van der Waals surface area contributed by atoms with Crippen molar-refractivity contribution in [3.63, 3.8) is 0 Å². The van der Waals surface area contributed by atoms with Crippen molar-refractivity contribution in [2.24, 2.45) is 11.7 Å². The van der Waals surface area contributed by atoms with Crippen LogP contribution >= 0.6 is 0 Å². The molecule has 3 rings (SSSR count). The molecule has 1 unspecified atom stereocenters. The quantitative estimate of drug-likeness (QED) is 0.904. The Kier molecular flexibility index (Phi) is 3.97. The molecule has 1 saturated heterocycles. The molecule has 110 valence electrons. The van der Waals surface area contributed by atoms with Crippen molar-refractivity contribution in [2.75, 3.05) is 11.4 Å². The van der Waals surface area contributed by atoms with Crippen molar-refractivity contribution in [3.8, 4) is 0 Å². The molecule has 0 aromatic heterocycles. The highest BCUT2D eigenvalue weighted by atomic mass is 19.1. The van der Waals surface area contributed by atoms with Gasteiger partial charge in [-0.05, 0) is 50.2 Å². The van der Waals surface area contributed by atoms with E-state index in [0.29, 0.717) is 6.04 Å². The topological polar surface area (TPSA) is 29.3 Å². The van der Waals surface area contributed by atoms with Gasteiger partial charge < -0.3 is 10.6 Å². The Morgan fingerprint density at radius 3 is 2.65 bits per heavy atom. The summed E-state index contributed by atoms with van der Waals surface area (Å²) in [4.78, 5) is 2.32. The van der Waals surface area contributed by atoms with Gasteiger partial charge in [0.25, 0.3) is 0 Å². The van der Waals surface area contributed by atoms with Gasteiger partial charge in [-0.3, -0.25) is 0 Å². The van der Waals surface area contributed by atoms with Crippen LogP contribution in [0.3, 0.4) is 0 Å². The normalized spacial score (nSPS) is 25.4. The molecular formula is C17H25FN2. The fourth-order valence-electron chi connectivity index (χ4n) is 4.10. The minimum absolute atomic E-state index is 0.107.